The minimum absolute atomic E-state index is 0.0323. The van der Waals surface area contributed by atoms with Crippen molar-refractivity contribution in [2.45, 2.75) is 46.3 Å². The molecule has 152 valence electrons. The molecule has 3 rings (SSSR count). The van der Waals surface area contributed by atoms with Gasteiger partial charge in [0.1, 0.15) is 5.76 Å². The summed E-state index contributed by atoms with van der Waals surface area (Å²) in [7, 11) is 0. The summed E-state index contributed by atoms with van der Waals surface area (Å²) in [6.07, 6.45) is 2.24. The minimum atomic E-state index is -0.340. The molecule has 1 N–H and O–H groups in total. The van der Waals surface area contributed by atoms with Crippen LogP contribution in [0.5, 0.6) is 0 Å². The molecule has 28 heavy (non-hydrogen) atoms. The van der Waals surface area contributed by atoms with Crippen LogP contribution in [0.2, 0.25) is 0 Å². The molecule has 0 unspecified atom stereocenters. The largest absolute Gasteiger partial charge is 0.467 e. The van der Waals surface area contributed by atoms with Crippen LogP contribution in [0.4, 0.5) is 0 Å². The summed E-state index contributed by atoms with van der Waals surface area (Å²) in [6, 6.07) is 3.55. The maximum absolute atomic E-state index is 13.2. The Kier molecular flexibility index (Phi) is 6.45. The summed E-state index contributed by atoms with van der Waals surface area (Å²) in [5, 5.41) is 11.0. The molecule has 0 fully saturated rings. The average Bonchev–Trinajstić information content (AvgIpc) is 3.33. The van der Waals surface area contributed by atoms with Crippen LogP contribution >= 0.6 is 0 Å². The predicted octanol–water partition coefficient (Wildman–Crippen LogP) is 1.71. The molecule has 2 aromatic heterocycles. The zero-order valence-corrected chi connectivity index (χ0v) is 16.6. The van der Waals surface area contributed by atoms with Crippen molar-refractivity contribution in [3.05, 3.63) is 35.5 Å². The Balaban J connectivity index is 1.80. The number of hydrogen-bond donors (Lipinski definition) is 1. The number of hydrogen-bond acceptors (Lipinski definition) is 6. The molecule has 0 aromatic carbocycles. The monoisotopic (exact) mass is 389 g/mol. The van der Waals surface area contributed by atoms with E-state index in [2.05, 4.69) is 15.6 Å². The van der Waals surface area contributed by atoms with E-state index >= 15 is 0 Å². The maximum Gasteiger partial charge on any atom is 0.277 e. The molecular weight excluding hydrogens is 362 g/mol. The topological polar surface area (TPSA) is 102 Å². The van der Waals surface area contributed by atoms with Gasteiger partial charge < -0.3 is 19.4 Å². The van der Waals surface area contributed by atoms with Gasteiger partial charge in [-0.2, -0.15) is 0 Å². The minimum Gasteiger partial charge on any atom is -0.467 e. The molecule has 0 saturated carbocycles. The standard InChI is InChI=1S/C19H27N5O4/c1-4-27-9-6-8-23(11-14-7-5-10-28-14)19(26)16-17-18(25)20-15(13(2)3)12-24(17)22-21-16/h5,7,10,13,15H,4,6,8-9,11-12H2,1-3H3,(H,20,25)/t15-/m1/s1. The van der Waals surface area contributed by atoms with Crippen LogP contribution in [0.15, 0.2) is 22.8 Å². The third-order valence-electron chi connectivity index (χ3n) is 4.78. The van der Waals surface area contributed by atoms with Gasteiger partial charge in [-0.25, -0.2) is 4.68 Å². The van der Waals surface area contributed by atoms with Gasteiger partial charge in [0.2, 0.25) is 0 Å². The summed E-state index contributed by atoms with van der Waals surface area (Å²) in [6.45, 7) is 8.42. The van der Waals surface area contributed by atoms with Crippen molar-refractivity contribution in [1.29, 1.82) is 0 Å². The van der Waals surface area contributed by atoms with E-state index in [4.69, 9.17) is 9.15 Å². The molecule has 9 nitrogen and oxygen atoms in total. The molecule has 1 aliphatic heterocycles. The van der Waals surface area contributed by atoms with Gasteiger partial charge in [-0.15, -0.1) is 5.10 Å². The molecule has 1 atom stereocenters. The molecule has 0 spiro atoms. The second kappa shape index (κ2) is 9.01. The molecule has 9 heteroatoms. The molecule has 0 aliphatic carbocycles. The predicted molar refractivity (Wildman–Crippen MR) is 101 cm³/mol. The summed E-state index contributed by atoms with van der Waals surface area (Å²) in [5.74, 6) is 0.266. The summed E-state index contributed by atoms with van der Waals surface area (Å²) >= 11 is 0. The average molecular weight is 389 g/mol. The Bertz CT molecular complexity index is 799. The number of rotatable bonds is 9. The number of amides is 2. The number of ether oxygens (including phenoxy) is 1. The SMILES string of the molecule is CCOCCCN(Cc1ccco1)C(=O)c1nnn2c1C(=O)N[C@@H](C(C)C)C2. The zero-order chi connectivity index (χ0) is 20.1. The van der Waals surface area contributed by atoms with Crippen molar-refractivity contribution >= 4 is 11.8 Å². The number of nitrogens with zero attached hydrogens (tertiary/aromatic N) is 4. The van der Waals surface area contributed by atoms with E-state index < -0.39 is 0 Å². The molecule has 0 radical (unpaired) electrons. The first-order valence-corrected chi connectivity index (χ1v) is 9.65. The van der Waals surface area contributed by atoms with Crippen LogP contribution in [0.3, 0.4) is 0 Å². The van der Waals surface area contributed by atoms with Gasteiger partial charge in [0, 0.05) is 19.8 Å². The van der Waals surface area contributed by atoms with Crippen molar-refractivity contribution in [3.63, 3.8) is 0 Å². The fourth-order valence-corrected chi connectivity index (χ4v) is 3.15. The molecule has 1 aliphatic rings. The van der Waals surface area contributed by atoms with E-state index in [0.717, 1.165) is 0 Å². The molecule has 2 aromatic rings. The molecule has 3 heterocycles. The lowest BCUT2D eigenvalue weighted by Crippen LogP contribution is -2.48. The highest BCUT2D eigenvalue weighted by Crippen LogP contribution is 2.18. The highest BCUT2D eigenvalue weighted by molar-refractivity contribution is 6.05. The number of carbonyl (C=O) groups excluding carboxylic acids is 2. The van der Waals surface area contributed by atoms with E-state index in [9.17, 15) is 9.59 Å². The van der Waals surface area contributed by atoms with E-state index in [0.29, 0.717) is 45.0 Å². The third kappa shape index (κ3) is 4.41. The Morgan fingerprint density at radius 1 is 1.50 bits per heavy atom. The lowest BCUT2D eigenvalue weighted by Gasteiger charge is -2.27. The Hall–Kier alpha value is -2.68. The Morgan fingerprint density at radius 2 is 2.32 bits per heavy atom. The van der Waals surface area contributed by atoms with Crippen molar-refractivity contribution in [2.75, 3.05) is 19.8 Å². The van der Waals surface area contributed by atoms with Gasteiger partial charge in [0.25, 0.3) is 11.8 Å². The summed E-state index contributed by atoms with van der Waals surface area (Å²) < 4.78 is 12.3. The van der Waals surface area contributed by atoms with Crippen LogP contribution in [0, 0.1) is 5.92 Å². The van der Waals surface area contributed by atoms with Crippen molar-refractivity contribution in [1.82, 2.24) is 25.2 Å². The first-order valence-electron chi connectivity index (χ1n) is 9.65. The van der Waals surface area contributed by atoms with E-state index in [1.807, 2.05) is 26.8 Å². The maximum atomic E-state index is 13.2. The fourth-order valence-electron chi connectivity index (χ4n) is 3.15. The first-order chi connectivity index (χ1) is 13.5. The van der Waals surface area contributed by atoms with E-state index in [1.165, 1.54) is 4.68 Å². The van der Waals surface area contributed by atoms with Gasteiger partial charge in [0.05, 0.1) is 25.4 Å². The number of fused-ring (bicyclic) bond motifs is 1. The Morgan fingerprint density at radius 3 is 3.00 bits per heavy atom. The quantitative estimate of drug-likeness (QED) is 0.655. The molecular formula is C19H27N5O4. The first kappa shape index (κ1) is 20.1. The Labute approximate surface area is 164 Å². The van der Waals surface area contributed by atoms with Gasteiger partial charge in [-0.3, -0.25) is 9.59 Å². The molecule has 0 bridgehead atoms. The second-order valence-corrected chi connectivity index (χ2v) is 7.15. The zero-order valence-electron chi connectivity index (χ0n) is 16.6. The highest BCUT2D eigenvalue weighted by Gasteiger charge is 2.34. The number of aromatic nitrogens is 3. The smallest absolute Gasteiger partial charge is 0.277 e. The van der Waals surface area contributed by atoms with Gasteiger partial charge in [-0.05, 0) is 31.4 Å². The van der Waals surface area contributed by atoms with Crippen molar-refractivity contribution < 1.29 is 18.7 Å². The molecule has 2 amide bonds. The van der Waals surface area contributed by atoms with E-state index in [-0.39, 0.29) is 35.2 Å². The number of carbonyl (C=O) groups is 2. The number of furan rings is 1. The fraction of sp³-hybridized carbons (Fsp3) is 0.579. The van der Waals surface area contributed by atoms with E-state index in [1.54, 1.807) is 17.2 Å². The second-order valence-electron chi connectivity index (χ2n) is 7.15. The van der Waals surface area contributed by atoms with Crippen LogP contribution in [0.25, 0.3) is 0 Å². The molecule has 0 saturated heterocycles. The highest BCUT2D eigenvalue weighted by atomic mass is 16.5. The van der Waals surface area contributed by atoms with Gasteiger partial charge >= 0.3 is 0 Å². The van der Waals surface area contributed by atoms with Crippen LogP contribution in [-0.4, -0.2) is 57.5 Å². The van der Waals surface area contributed by atoms with Crippen molar-refractivity contribution in [3.8, 4) is 0 Å². The van der Waals surface area contributed by atoms with Crippen LogP contribution in [0.1, 0.15) is 53.9 Å². The van der Waals surface area contributed by atoms with Gasteiger partial charge in [0.15, 0.2) is 11.4 Å². The normalized spacial score (nSPS) is 16.1. The summed E-state index contributed by atoms with van der Waals surface area (Å²) in [5.41, 5.74) is 0.291. The number of nitrogens with one attached hydrogen (secondary N) is 1. The van der Waals surface area contributed by atoms with Crippen LogP contribution in [-0.2, 0) is 17.8 Å². The third-order valence-corrected chi connectivity index (χ3v) is 4.78. The van der Waals surface area contributed by atoms with Crippen molar-refractivity contribution in [2.24, 2.45) is 5.92 Å². The van der Waals surface area contributed by atoms with Gasteiger partial charge in [-0.1, -0.05) is 19.1 Å². The lowest BCUT2D eigenvalue weighted by atomic mass is 10.0. The lowest BCUT2D eigenvalue weighted by molar-refractivity contribution is 0.0685. The van der Waals surface area contributed by atoms with Crippen LogP contribution < -0.4 is 5.32 Å². The summed E-state index contributed by atoms with van der Waals surface area (Å²) in [4.78, 5) is 27.4.